The Morgan fingerprint density at radius 3 is 1.36 bits per heavy atom. The summed E-state index contributed by atoms with van der Waals surface area (Å²) in [6.07, 6.45) is 72.0. The predicted molar refractivity (Wildman–Crippen MR) is 476 cm³/mol. The second-order valence-electron chi connectivity index (χ2n) is 22.4. The summed E-state index contributed by atoms with van der Waals surface area (Å²) >= 11 is 4.99. The lowest BCUT2D eigenvalue weighted by Crippen LogP contribution is -2.19. The number of furan rings is 2. The van der Waals surface area contributed by atoms with E-state index in [1.807, 2.05) is 215 Å². The number of aromatic nitrogens is 19. The predicted octanol–water partition coefficient (Wildman–Crippen LogP) is 20.5. The van der Waals surface area contributed by atoms with Gasteiger partial charge in [0.25, 0.3) is 0 Å². The van der Waals surface area contributed by atoms with Gasteiger partial charge in [0.2, 0.25) is 0 Å². The number of imidazole rings is 2. The molecule has 0 bridgehead atoms. The van der Waals surface area contributed by atoms with Crippen molar-refractivity contribution in [2.45, 2.75) is 19.3 Å². The molecule has 22 nitrogen and oxygen atoms in total. The smallest absolute Gasteiger partial charge is 0.155 e. The minimum Gasteiger partial charge on any atom is -0.473 e. The van der Waals surface area contributed by atoms with Gasteiger partial charge < -0.3 is 23.2 Å². The van der Waals surface area contributed by atoms with E-state index in [0.29, 0.717) is 0 Å². The zero-order chi connectivity index (χ0) is 80.9. The molecule has 21 aromatic rings. The van der Waals surface area contributed by atoms with Gasteiger partial charge in [0, 0.05) is 178 Å². The summed E-state index contributed by atoms with van der Waals surface area (Å²) in [5, 5.41) is 19.3. The number of thiophene rings is 1. The maximum atomic E-state index is 4.58. The zero-order valence-electron chi connectivity index (χ0n) is 63.7. The third-order valence-corrected chi connectivity index (χ3v) is 16.2. The van der Waals surface area contributed by atoms with E-state index in [1.165, 1.54) is 43.3 Å². The molecular weight excluding hydrogens is 1510 g/mol. The number of thiazole rings is 2. The Balaban J connectivity index is 0.000000156. The molecule has 0 unspecified atom stereocenters. The first-order valence-electron chi connectivity index (χ1n) is 36.4. The molecule has 18 heterocycles. The molecule has 0 amide bonds. The molecule has 0 saturated carbocycles. The van der Waals surface area contributed by atoms with Crippen LogP contribution in [0.5, 0.6) is 0 Å². The maximum absolute atomic E-state index is 4.58. The first-order valence-corrected chi connectivity index (χ1v) is 39.1. The van der Waals surface area contributed by atoms with Crippen LogP contribution in [0.2, 0.25) is 0 Å². The van der Waals surface area contributed by atoms with Gasteiger partial charge in [0.1, 0.15) is 6.33 Å². The molecule has 584 valence electrons. The molecule has 0 spiro atoms. The number of aromatic amines is 2. The third-order valence-electron chi connectivity index (χ3n) is 14.3. The number of hydrogen-bond donors (Lipinski definition) is 2. The highest BCUT2D eigenvalue weighted by Crippen LogP contribution is 2.16. The standard InChI is InChI=1S/C9H8.2C8H7N.C7H5NS.3C6H5N3.2C5H5N.C5H6.2C4H4N2.C4H5N.2C4H4O.C4H4S.C3H3NS/c1-2-5-9-7-3-6-8(9)4-1;2*1-2-4-8-7(3-1)5-6-9-8;1-2-4-7-6(3-1)8-5-9-7;1-3-9-4-2-8-6(9)5-7-1;1-3-7-6-2-4-8-9(6)5-1;1-2-6-7-4-5-9(6)8-3-1;2*1-2-4-6-5-3-1;1-2-4-5-3-1;1-2-6-4-3-5-1;1-2-5-4-6-3-1;4*1-2-4-5-3-1;1-2-5-3-4-1/h1-2,4-7H,3H2;2*1-6,9H;4*1-5H;2*1-5H;1-4H,5H2;2*1-4H;1,3-4H,2H2;3*1-4H;1-3H. The number of rotatable bonds is 0. The molecule has 0 saturated heterocycles. The molecule has 24 rings (SSSR count). The average Bonchev–Trinajstić information content (AvgIpc) is 1.81. The average molecular weight is 1600 g/mol. The lowest BCUT2D eigenvalue weighted by Gasteiger charge is -1.86. The van der Waals surface area contributed by atoms with Gasteiger partial charge in [-0.05, 0) is 154 Å². The van der Waals surface area contributed by atoms with Crippen molar-refractivity contribution in [3.8, 4) is 0 Å². The van der Waals surface area contributed by atoms with Crippen molar-refractivity contribution in [3.63, 3.8) is 0 Å². The molecule has 4 aromatic carbocycles. The monoisotopic (exact) mass is 1600 g/mol. The minimum atomic E-state index is 0.887. The molecule has 1 aliphatic heterocycles. The van der Waals surface area contributed by atoms with Gasteiger partial charge in [0.05, 0.1) is 58.7 Å². The molecule has 0 radical (unpaired) electrons. The minimum absolute atomic E-state index is 0.887. The van der Waals surface area contributed by atoms with Crippen LogP contribution in [0.25, 0.3) is 61.1 Å². The second-order valence-corrected chi connectivity index (χ2v) is 24.9. The topological polar surface area (TPSA) is 264 Å². The van der Waals surface area contributed by atoms with Gasteiger partial charge in [-0.2, -0.15) is 21.5 Å². The van der Waals surface area contributed by atoms with Crippen LogP contribution < -0.4 is 10.4 Å². The van der Waals surface area contributed by atoms with Crippen LogP contribution in [-0.4, -0.2) is 99.6 Å². The first-order chi connectivity index (χ1) is 58.3. The quantitative estimate of drug-likeness (QED) is 0.143. The van der Waals surface area contributed by atoms with E-state index < -0.39 is 0 Å². The molecule has 0 atom stereocenters. The Bertz CT molecular complexity index is 4830. The Kier molecular flexibility index (Phi) is 44.4. The van der Waals surface area contributed by atoms with Crippen LogP contribution in [0.4, 0.5) is 0 Å². The number of allylic oxidation sites excluding steroid dienone is 5. The number of fused-ring (bicyclic) bond motifs is 7. The number of nitrogens with zero attached hydrogens (tertiary/aromatic N) is 18. The number of para-hydroxylation sites is 3. The van der Waals surface area contributed by atoms with Crippen molar-refractivity contribution >= 4 is 101 Å². The summed E-state index contributed by atoms with van der Waals surface area (Å²) in [4.78, 5) is 56.2. The highest BCUT2D eigenvalue weighted by molar-refractivity contribution is 7.16. The van der Waals surface area contributed by atoms with Gasteiger partial charge in [-0.3, -0.25) is 34.9 Å². The zero-order valence-corrected chi connectivity index (χ0v) is 66.2. The number of pyridine rings is 2. The van der Waals surface area contributed by atoms with E-state index in [1.54, 1.807) is 197 Å². The SMILES string of the molecule is C1=CCC=C1.C1=CN=CC1.C1=c2ccccc2=CC1.c1ccc2[nH]ccc2c1.c1ccc2[nH]ccc2c1.c1ccc2scnc2c1.c1ccncc1.c1ccncc1.c1ccoc1.c1ccoc1.c1ccsc1.c1cn2ccnc2cn1.c1cnc2ccnn2c1.c1cnccn1.c1cncnc1.c1cnn2ccnc2c1.c1cscn1. The summed E-state index contributed by atoms with van der Waals surface area (Å²) in [6, 6.07) is 69.2. The molecule has 3 aliphatic rings. The van der Waals surface area contributed by atoms with E-state index in [2.05, 4.69) is 197 Å². The Morgan fingerprint density at radius 1 is 0.342 bits per heavy atom. The van der Waals surface area contributed by atoms with E-state index >= 15 is 0 Å². The van der Waals surface area contributed by atoms with Crippen LogP contribution in [-0.2, 0) is 0 Å². The van der Waals surface area contributed by atoms with E-state index in [-0.39, 0.29) is 0 Å². The molecule has 17 aromatic heterocycles. The van der Waals surface area contributed by atoms with Crippen molar-refractivity contribution in [2.24, 2.45) is 4.99 Å². The van der Waals surface area contributed by atoms with Crippen LogP contribution in [0.1, 0.15) is 19.3 Å². The molecular formula is C92H86N20O2S3. The fourth-order valence-corrected chi connectivity index (χ4v) is 10.5. The third kappa shape index (κ3) is 39.4. The second kappa shape index (κ2) is 59.5. The Hall–Kier alpha value is -15.3. The van der Waals surface area contributed by atoms with Crippen molar-refractivity contribution in [3.05, 3.63) is 467 Å². The number of H-pyrrole nitrogens is 2. The number of aliphatic imine (C=N–C) groups is 1. The van der Waals surface area contributed by atoms with Crippen LogP contribution in [0.15, 0.2) is 470 Å². The van der Waals surface area contributed by atoms with Crippen LogP contribution in [0.3, 0.4) is 0 Å². The summed E-state index contributed by atoms with van der Waals surface area (Å²) in [6.45, 7) is 0. The van der Waals surface area contributed by atoms with Crippen molar-refractivity contribution in [1.29, 1.82) is 0 Å². The lowest BCUT2D eigenvalue weighted by atomic mass is 10.3. The number of hydrogen-bond acceptors (Lipinski definition) is 20. The van der Waals surface area contributed by atoms with Gasteiger partial charge in [-0.1, -0.05) is 140 Å². The van der Waals surface area contributed by atoms with Gasteiger partial charge in [-0.25, -0.2) is 38.9 Å². The lowest BCUT2D eigenvalue weighted by molar-refractivity contribution is 0.567. The highest BCUT2D eigenvalue weighted by Gasteiger charge is 1.93. The van der Waals surface area contributed by atoms with Gasteiger partial charge in [0.15, 0.2) is 16.9 Å². The van der Waals surface area contributed by atoms with Crippen molar-refractivity contribution in [1.82, 2.24) is 93.4 Å². The Morgan fingerprint density at radius 2 is 0.906 bits per heavy atom. The van der Waals surface area contributed by atoms with Gasteiger partial charge >= 0.3 is 0 Å². The first kappa shape index (κ1) is 87.3. The maximum Gasteiger partial charge on any atom is 0.155 e. The molecule has 2 aliphatic carbocycles. The normalized spacial score (nSPS) is 10.3. The van der Waals surface area contributed by atoms with Crippen molar-refractivity contribution < 1.29 is 8.83 Å². The van der Waals surface area contributed by atoms with Crippen LogP contribution in [0, 0.1) is 0 Å². The summed E-state index contributed by atoms with van der Waals surface area (Å²) in [5.74, 6) is 0. The van der Waals surface area contributed by atoms with Gasteiger partial charge in [-0.15, -0.1) is 22.7 Å². The molecule has 117 heavy (non-hydrogen) atoms. The van der Waals surface area contributed by atoms with Crippen molar-refractivity contribution in [2.75, 3.05) is 0 Å². The van der Waals surface area contributed by atoms with Crippen LogP contribution >= 0.6 is 34.0 Å². The number of benzene rings is 4. The fraction of sp³-hybridized carbons (Fsp3) is 0.0326. The largest absolute Gasteiger partial charge is 0.473 e. The highest BCUT2D eigenvalue weighted by atomic mass is 32.1. The summed E-state index contributed by atoms with van der Waals surface area (Å²) in [7, 11) is 0. The Labute approximate surface area is 689 Å². The molecule has 2 N–H and O–H groups in total. The van der Waals surface area contributed by atoms with E-state index in [0.717, 1.165) is 41.7 Å². The molecule has 25 heteroatoms. The fourth-order valence-electron chi connectivity index (χ4n) is 8.97. The van der Waals surface area contributed by atoms with E-state index in [4.69, 9.17) is 0 Å². The molecule has 0 fully saturated rings. The summed E-state index contributed by atoms with van der Waals surface area (Å²) < 4.78 is 15.8. The number of nitrogens with one attached hydrogen (secondary N) is 2. The summed E-state index contributed by atoms with van der Waals surface area (Å²) in [5.41, 5.74) is 9.83. The van der Waals surface area contributed by atoms with E-state index in [9.17, 15) is 0 Å².